The summed E-state index contributed by atoms with van der Waals surface area (Å²) in [4.78, 5) is 0. The first-order valence-corrected chi connectivity index (χ1v) is 5.41. The normalized spacial score (nSPS) is 12.8. The van der Waals surface area contributed by atoms with Crippen molar-refractivity contribution in [3.05, 3.63) is 35.1 Å². The molecule has 1 atom stereocenters. The Hall–Kier alpha value is -1.03. The van der Waals surface area contributed by atoms with Crippen LogP contribution in [0.15, 0.2) is 12.1 Å². The van der Waals surface area contributed by atoms with Gasteiger partial charge < -0.3 is 5.32 Å². The molecule has 1 N–H and O–H groups in total. The van der Waals surface area contributed by atoms with Gasteiger partial charge in [-0.05, 0) is 44.0 Å². The number of halogens is 3. The summed E-state index contributed by atoms with van der Waals surface area (Å²) in [6.45, 7) is 4.71. The molecule has 0 aliphatic heterocycles. The molecule has 0 saturated heterocycles. The SMILES string of the molecule is CCC(C)NCCc1cc(F)c(F)c(F)c1. The van der Waals surface area contributed by atoms with E-state index >= 15 is 0 Å². The van der Waals surface area contributed by atoms with Crippen LogP contribution >= 0.6 is 0 Å². The van der Waals surface area contributed by atoms with Crippen LogP contribution < -0.4 is 5.32 Å². The number of hydrogen-bond donors (Lipinski definition) is 1. The average molecular weight is 231 g/mol. The van der Waals surface area contributed by atoms with E-state index < -0.39 is 17.5 Å². The van der Waals surface area contributed by atoms with Crippen LogP contribution in [0.1, 0.15) is 25.8 Å². The van der Waals surface area contributed by atoms with E-state index in [1.807, 2.05) is 6.92 Å². The quantitative estimate of drug-likeness (QED) is 0.768. The fourth-order valence-electron chi connectivity index (χ4n) is 1.36. The summed E-state index contributed by atoms with van der Waals surface area (Å²) in [5, 5.41) is 3.20. The molecule has 1 nitrogen and oxygen atoms in total. The molecule has 0 aromatic heterocycles. The second-order valence-electron chi connectivity index (χ2n) is 3.89. The molecule has 0 amide bonds. The molecule has 0 spiro atoms. The van der Waals surface area contributed by atoms with Gasteiger partial charge in [0.15, 0.2) is 17.5 Å². The van der Waals surface area contributed by atoms with Gasteiger partial charge in [-0.15, -0.1) is 0 Å². The van der Waals surface area contributed by atoms with E-state index in [-0.39, 0.29) is 0 Å². The van der Waals surface area contributed by atoms with Crippen LogP contribution in [0.25, 0.3) is 0 Å². The van der Waals surface area contributed by atoms with E-state index in [0.717, 1.165) is 18.6 Å². The third-order valence-corrected chi connectivity index (χ3v) is 2.56. The molecule has 4 heteroatoms. The molecule has 0 heterocycles. The van der Waals surface area contributed by atoms with Crippen LogP contribution in [0.3, 0.4) is 0 Å². The standard InChI is InChI=1S/C12H16F3N/c1-3-8(2)16-5-4-9-6-10(13)12(15)11(14)7-9/h6-8,16H,3-5H2,1-2H3. The van der Waals surface area contributed by atoms with Gasteiger partial charge in [-0.2, -0.15) is 0 Å². The minimum Gasteiger partial charge on any atom is -0.314 e. The largest absolute Gasteiger partial charge is 0.314 e. The Labute approximate surface area is 93.7 Å². The molecular weight excluding hydrogens is 215 g/mol. The number of nitrogens with one attached hydrogen (secondary N) is 1. The van der Waals surface area contributed by atoms with Crippen LogP contribution in [0.4, 0.5) is 13.2 Å². The maximum Gasteiger partial charge on any atom is 0.194 e. The molecule has 0 aliphatic rings. The molecule has 1 aromatic carbocycles. The molecule has 0 saturated carbocycles. The second kappa shape index (κ2) is 5.89. The van der Waals surface area contributed by atoms with E-state index in [9.17, 15) is 13.2 Å². The van der Waals surface area contributed by atoms with Crippen molar-refractivity contribution in [2.24, 2.45) is 0 Å². The fourth-order valence-corrected chi connectivity index (χ4v) is 1.36. The summed E-state index contributed by atoms with van der Waals surface area (Å²) in [7, 11) is 0. The first-order valence-electron chi connectivity index (χ1n) is 5.41. The lowest BCUT2D eigenvalue weighted by Gasteiger charge is -2.11. The molecular formula is C12H16F3N. The van der Waals surface area contributed by atoms with Gasteiger partial charge in [0.05, 0.1) is 0 Å². The van der Waals surface area contributed by atoms with Gasteiger partial charge in [0, 0.05) is 6.04 Å². The van der Waals surface area contributed by atoms with Gasteiger partial charge in [-0.25, -0.2) is 13.2 Å². The highest BCUT2D eigenvalue weighted by Crippen LogP contribution is 2.13. The third-order valence-electron chi connectivity index (χ3n) is 2.56. The van der Waals surface area contributed by atoms with E-state index in [2.05, 4.69) is 12.2 Å². The topological polar surface area (TPSA) is 12.0 Å². The van der Waals surface area contributed by atoms with Gasteiger partial charge in [-0.1, -0.05) is 6.92 Å². The van der Waals surface area contributed by atoms with Crippen molar-refractivity contribution >= 4 is 0 Å². The van der Waals surface area contributed by atoms with Gasteiger partial charge in [0.25, 0.3) is 0 Å². The molecule has 0 bridgehead atoms. The first-order chi connectivity index (χ1) is 7.54. The Balaban J connectivity index is 2.55. The Morgan fingerprint density at radius 1 is 1.19 bits per heavy atom. The summed E-state index contributed by atoms with van der Waals surface area (Å²) in [5.41, 5.74) is 0.465. The van der Waals surface area contributed by atoms with E-state index in [0.29, 0.717) is 24.6 Å². The lowest BCUT2D eigenvalue weighted by molar-refractivity contribution is 0.444. The fraction of sp³-hybridized carbons (Fsp3) is 0.500. The molecule has 0 aliphatic carbocycles. The van der Waals surface area contributed by atoms with Crippen molar-refractivity contribution in [2.75, 3.05) is 6.54 Å². The Morgan fingerprint density at radius 2 is 1.75 bits per heavy atom. The summed E-state index contributed by atoms with van der Waals surface area (Å²) in [6, 6.07) is 2.45. The van der Waals surface area contributed by atoms with E-state index in [4.69, 9.17) is 0 Å². The third kappa shape index (κ3) is 3.52. The van der Waals surface area contributed by atoms with Crippen LogP contribution in [0.5, 0.6) is 0 Å². The van der Waals surface area contributed by atoms with Crippen molar-refractivity contribution < 1.29 is 13.2 Å². The van der Waals surface area contributed by atoms with Gasteiger partial charge >= 0.3 is 0 Å². The Morgan fingerprint density at radius 3 is 2.25 bits per heavy atom. The zero-order valence-corrected chi connectivity index (χ0v) is 9.49. The second-order valence-corrected chi connectivity index (χ2v) is 3.89. The predicted molar refractivity (Wildman–Crippen MR) is 57.8 cm³/mol. The van der Waals surface area contributed by atoms with Crippen molar-refractivity contribution in [1.82, 2.24) is 5.32 Å². The van der Waals surface area contributed by atoms with Crippen LogP contribution in [0, 0.1) is 17.5 Å². The molecule has 0 fully saturated rings. The van der Waals surface area contributed by atoms with Gasteiger partial charge in [0.1, 0.15) is 0 Å². The average Bonchev–Trinajstić information content (AvgIpc) is 2.25. The lowest BCUT2D eigenvalue weighted by Crippen LogP contribution is -2.27. The summed E-state index contributed by atoms with van der Waals surface area (Å²) in [6.07, 6.45) is 1.48. The first kappa shape index (κ1) is 13.0. The maximum absolute atomic E-state index is 12.9. The highest BCUT2D eigenvalue weighted by Gasteiger charge is 2.10. The minimum atomic E-state index is -1.40. The molecule has 1 rings (SSSR count). The van der Waals surface area contributed by atoms with Crippen LogP contribution in [-0.4, -0.2) is 12.6 Å². The highest BCUT2D eigenvalue weighted by atomic mass is 19.2. The summed E-state index contributed by atoms with van der Waals surface area (Å²) in [5.74, 6) is -3.66. The number of rotatable bonds is 5. The van der Waals surface area contributed by atoms with E-state index in [1.165, 1.54) is 0 Å². The molecule has 1 aromatic rings. The minimum absolute atomic E-state index is 0.371. The van der Waals surface area contributed by atoms with Crippen molar-refractivity contribution in [3.8, 4) is 0 Å². The molecule has 0 radical (unpaired) electrons. The molecule has 16 heavy (non-hydrogen) atoms. The highest BCUT2D eigenvalue weighted by molar-refractivity contribution is 5.19. The van der Waals surface area contributed by atoms with Crippen molar-refractivity contribution in [1.29, 1.82) is 0 Å². The zero-order chi connectivity index (χ0) is 12.1. The van der Waals surface area contributed by atoms with Crippen LogP contribution in [0.2, 0.25) is 0 Å². The Bertz CT molecular complexity index is 329. The van der Waals surface area contributed by atoms with Crippen molar-refractivity contribution in [2.45, 2.75) is 32.7 Å². The zero-order valence-electron chi connectivity index (χ0n) is 9.49. The monoisotopic (exact) mass is 231 g/mol. The Kier molecular flexibility index (Phi) is 4.80. The number of benzene rings is 1. The van der Waals surface area contributed by atoms with Gasteiger partial charge in [-0.3, -0.25) is 0 Å². The lowest BCUT2D eigenvalue weighted by atomic mass is 10.1. The van der Waals surface area contributed by atoms with Crippen molar-refractivity contribution in [3.63, 3.8) is 0 Å². The molecule has 90 valence electrons. The van der Waals surface area contributed by atoms with E-state index in [1.54, 1.807) is 0 Å². The van der Waals surface area contributed by atoms with Crippen LogP contribution in [-0.2, 0) is 6.42 Å². The smallest absolute Gasteiger partial charge is 0.194 e. The maximum atomic E-state index is 12.9. The summed E-state index contributed by atoms with van der Waals surface area (Å²) >= 11 is 0. The van der Waals surface area contributed by atoms with Gasteiger partial charge in [0.2, 0.25) is 0 Å². The predicted octanol–water partition coefficient (Wildman–Crippen LogP) is 3.03. The summed E-state index contributed by atoms with van der Waals surface area (Å²) < 4.78 is 38.4. The molecule has 1 unspecified atom stereocenters. The number of hydrogen-bond acceptors (Lipinski definition) is 1.